The first-order valence-electron chi connectivity index (χ1n) is 9.99. The van der Waals surface area contributed by atoms with Crippen molar-refractivity contribution in [1.29, 1.82) is 0 Å². The number of piperidine rings is 1. The maximum atomic E-state index is 5.67. The van der Waals surface area contributed by atoms with E-state index in [1.165, 1.54) is 24.0 Å². The van der Waals surface area contributed by atoms with Gasteiger partial charge in [0.2, 0.25) is 0 Å². The summed E-state index contributed by atoms with van der Waals surface area (Å²) in [7, 11) is 0. The molecule has 5 nitrogen and oxygen atoms in total. The van der Waals surface area contributed by atoms with Crippen LogP contribution in [0.2, 0.25) is 0 Å². The Bertz CT molecular complexity index is 554. The van der Waals surface area contributed by atoms with Crippen LogP contribution in [0, 0.1) is 5.92 Å². The van der Waals surface area contributed by atoms with E-state index in [0.717, 1.165) is 38.1 Å². The third-order valence-corrected chi connectivity index (χ3v) is 4.54. The van der Waals surface area contributed by atoms with Gasteiger partial charge in [0.1, 0.15) is 0 Å². The molecule has 0 aliphatic carbocycles. The minimum absolute atomic E-state index is 0. The van der Waals surface area contributed by atoms with Crippen LogP contribution >= 0.6 is 24.0 Å². The number of nitrogens with zero attached hydrogens (tertiary/aromatic N) is 2. The van der Waals surface area contributed by atoms with Gasteiger partial charge in [0.05, 0.1) is 26.4 Å². The van der Waals surface area contributed by atoms with Gasteiger partial charge >= 0.3 is 0 Å². The first-order valence-corrected chi connectivity index (χ1v) is 9.99. The maximum Gasteiger partial charge on any atom is 0.194 e. The average molecular weight is 489 g/mol. The number of ether oxygens (including phenoxy) is 2. The van der Waals surface area contributed by atoms with Gasteiger partial charge in [-0.3, -0.25) is 0 Å². The van der Waals surface area contributed by atoms with Crippen LogP contribution in [0.4, 0.5) is 0 Å². The van der Waals surface area contributed by atoms with Crippen LogP contribution in [-0.2, 0) is 22.6 Å². The van der Waals surface area contributed by atoms with Crippen LogP contribution in [0.5, 0.6) is 0 Å². The normalized spacial score (nSPS) is 17.5. The van der Waals surface area contributed by atoms with Gasteiger partial charge in [-0.2, -0.15) is 0 Å². The number of likely N-dealkylation sites (tertiary alicyclic amines) is 1. The van der Waals surface area contributed by atoms with Crippen molar-refractivity contribution in [3.8, 4) is 0 Å². The summed E-state index contributed by atoms with van der Waals surface area (Å²) in [6.07, 6.45) is 2.57. The van der Waals surface area contributed by atoms with Gasteiger partial charge in [0.15, 0.2) is 5.96 Å². The number of benzene rings is 1. The first-order chi connectivity index (χ1) is 12.7. The van der Waals surface area contributed by atoms with Gasteiger partial charge < -0.3 is 19.7 Å². The predicted octanol–water partition coefficient (Wildman–Crippen LogP) is 4.06. The Labute approximate surface area is 181 Å². The lowest BCUT2D eigenvalue weighted by molar-refractivity contribution is 0.0453. The van der Waals surface area contributed by atoms with Gasteiger partial charge in [-0.05, 0) is 43.7 Å². The van der Waals surface area contributed by atoms with Crippen LogP contribution in [0.1, 0.15) is 44.7 Å². The topological polar surface area (TPSA) is 46.1 Å². The molecule has 1 heterocycles. The van der Waals surface area contributed by atoms with Crippen molar-refractivity contribution in [2.24, 2.45) is 10.9 Å². The van der Waals surface area contributed by atoms with E-state index in [9.17, 15) is 0 Å². The molecule has 1 aliphatic rings. The summed E-state index contributed by atoms with van der Waals surface area (Å²) in [6, 6.07) is 8.51. The molecule has 0 saturated carbocycles. The molecule has 1 N–H and O–H groups in total. The summed E-state index contributed by atoms with van der Waals surface area (Å²) < 4.78 is 11.0. The van der Waals surface area contributed by atoms with Gasteiger partial charge in [-0.1, -0.05) is 31.2 Å². The summed E-state index contributed by atoms with van der Waals surface area (Å²) in [5.41, 5.74) is 2.40. The number of rotatable bonds is 9. The molecule has 154 valence electrons. The lowest BCUT2D eigenvalue weighted by Crippen LogP contribution is -2.46. The fourth-order valence-corrected chi connectivity index (χ4v) is 3.24. The fraction of sp³-hybridized carbons (Fsp3) is 0.667. The smallest absolute Gasteiger partial charge is 0.194 e. The van der Waals surface area contributed by atoms with Crippen molar-refractivity contribution in [1.82, 2.24) is 10.2 Å². The highest BCUT2D eigenvalue weighted by atomic mass is 127. The summed E-state index contributed by atoms with van der Waals surface area (Å²) in [6.45, 7) is 12.9. The van der Waals surface area contributed by atoms with Gasteiger partial charge in [-0.25, -0.2) is 4.99 Å². The van der Waals surface area contributed by atoms with Gasteiger partial charge in [0.25, 0.3) is 0 Å². The van der Waals surface area contributed by atoms with E-state index in [-0.39, 0.29) is 24.0 Å². The van der Waals surface area contributed by atoms with Crippen molar-refractivity contribution in [2.75, 3.05) is 39.5 Å². The molecule has 0 spiro atoms. The first kappa shape index (κ1) is 24.2. The Morgan fingerprint density at radius 1 is 1.22 bits per heavy atom. The third-order valence-electron chi connectivity index (χ3n) is 4.54. The van der Waals surface area contributed by atoms with E-state index in [1.54, 1.807) is 0 Å². The van der Waals surface area contributed by atoms with Crippen molar-refractivity contribution in [3.05, 3.63) is 35.4 Å². The zero-order valence-electron chi connectivity index (χ0n) is 17.1. The maximum absolute atomic E-state index is 5.67. The monoisotopic (exact) mass is 489 g/mol. The molecule has 0 aromatic heterocycles. The van der Waals surface area contributed by atoms with Crippen LogP contribution in [0.15, 0.2) is 29.3 Å². The summed E-state index contributed by atoms with van der Waals surface area (Å²) in [5, 5.41) is 3.45. The van der Waals surface area contributed by atoms with Crippen LogP contribution in [-0.4, -0.2) is 50.3 Å². The number of halogens is 1. The van der Waals surface area contributed by atoms with E-state index in [0.29, 0.717) is 26.4 Å². The molecular formula is C21H36IN3O2. The van der Waals surface area contributed by atoms with Crippen LogP contribution in [0.25, 0.3) is 0 Å². The van der Waals surface area contributed by atoms with E-state index in [1.807, 2.05) is 6.92 Å². The largest absolute Gasteiger partial charge is 0.379 e. The quantitative estimate of drug-likeness (QED) is 0.246. The van der Waals surface area contributed by atoms with Gasteiger partial charge in [-0.15, -0.1) is 24.0 Å². The molecular weight excluding hydrogens is 453 g/mol. The van der Waals surface area contributed by atoms with Crippen LogP contribution in [0.3, 0.4) is 0 Å². The van der Waals surface area contributed by atoms with E-state index in [2.05, 4.69) is 48.3 Å². The highest BCUT2D eigenvalue weighted by molar-refractivity contribution is 14.0. The second-order valence-corrected chi connectivity index (χ2v) is 6.93. The number of hydrogen-bond acceptors (Lipinski definition) is 3. The van der Waals surface area contributed by atoms with Crippen molar-refractivity contribution in [3.63, 3.8) is 0 Å². The molecule has 1 aromatic rings. The minimum atomic E-state index is 0. The highest BCUT2D eigenvalue weighted by Gasteiger charge is 2.18. The molecule has 1 aromatic carbocycles. The van der Waals surface area contributed by atoms with E-state index < -0.39 is 0 Å². The molecule has 1 saturated heterocycles. The number of hydrogen-bond donors (Lipinski definition) is 1. The number of nitrogens with one attached hydrogen (secondary N) is 1. The Kier molecular flexibility index (Phi) is 12.7. The lowest BCUT2D eigenvalue weighted by atomic mass is 10.0. The summed E-state index contributed by atoms with van der Waals surface area (Å²) in [5.74, 6) is 1.78. The van der Waals surface area contributed by atoms with Gasteiger partial charge in [0, 0.05) is 26.2 Å². The Morgan fingerprint density at radius 3 is 2.74 bits per heavy atom. The fourth-order valence-electron chi connectivity index (χ4n) is 3.24. The zero-order valence-corrected chi connectivity index (χ0v) is 19.4. The molecule has 2 rings (SSSR count). The molecule has 1 fully saturated rings. The molecule has 0 bridgehead atoms. The Hall–Kier alpha value is -0.860. The van der Waals surface area contributed by atoms with Crippen molar-refractivity contribution < 1.29 is 9.47 Å². The second-order valence-electron chi connectivity index (χ2n) is 6.93. The van der Waals surface area contributed by atoms with E-state index in [4.69, 9.17) is 14.5 Å². The molecule has 6 heteroatoms. The SMILES string of the molecule is CCNC(=NCc1cccc(COCCOCC)c1)N1CCCC(C)C1.I. The van der Waals surface area contributed by atoms with Crippen LogP contribution < -0.4 is 5.32 Å². The molecule has 0 radical (unpaired) electrons. The molecule has 1 unspecified atom stereocenters. The number of aliphatic imine (C=N–C) groups is 1. The third kappa shape index (κ3) is 9.25. The number of guanidine groups is 1. The second kappa shape index (κ2) is 14.2. The lowest BCUT2D eigenvalue weighted by Gasteiger charge is -2.33. The minimum Gasteiger partial charge on any atom is -0.379 e. The highest BCUT2D eigenvalue weighted by Crippen LogP contribution is 2.16. The molecule has 0 amide bonds. The average Bonchev–Trinajstić information content (AvgIpc) is 2.65. The standard InChI is InChI=1S/C21H35N3O2.HI/c1-4-22-21(24-11-7-8-18(3)16-24)23-15-19-9-6-10-20(14-19)17-26-13-12-25-5-2;/h6,9-10,14,18H,4-5,7-8,11-13,15-17H2,1-3H3,(H,22,23);1H. The Balaban J connectivity index is 0.00000364. The van der Waals surface area contributed by atoms with E-state index >= 15 is 0 Å². The molecule has 1 atom stereocenters. The van der Waals surface area contributed by atoms with Crippen molar-refractivity contribution >= 4 is 29.9 Å². The summed E-state index contributed by atoms with van der Waals surface area (Å²) >= 11 is 0. The predicted molar refractivity (Wildman–Crippen MR) is 123 cm³/mol. The molecule has 27 heavy (non-hydrogen) atoms. The summed E-state index contributed by atoms with van der Waals surface area (Å²) in [4.78, 5) is 7.28. The zero-order chi connectivity index (χ0) is 18.6. The Morgan fingerprint density at radius 2 is 2.00 bits per heavy atom. The molecule has 1 aliphatic heterocycles. The van der Waals surface area contributed by atoms with Crippen molar-refractivity contribution in [2.45, 2.75) is 46.8 Å².